The summed E-state index contributed by atoms with van der Waals surface area (Å²) in [5.41, 5.74) is 8.15. The van der Waals surface area contributed by atoms with Crippen molar-refractivity contribution in [2.75, 3.05) is 23.9 Å². The Balaban J connectivity index is 1.35. The molecule has 0 saturated heterocycles. The van der Waals surface area contributed by atoms with E-state index in [2.05, 4.69) is 42.5 Å². The van der Waals surface area contributed by atoms with Crippen molar-refractivity contribution in [3.05, 3.63) is 76.4 Å². The van der Waals surface area contributed by atoms with Crippen molar-refractivity contribution in [1.82, 2.24) is 4.98 Å². The lowest BCUT2D eigenvalue weighted by Crippen LogP contribution is -2.10. The molecule has 1 fully saturated rings. The smallest absolute Gasteiger partial charge is 0.293 e. The van der Waals surface area contributed by atoms with E-state index >= 15 is 4.39 Å². The Morgan fingerprint density at radius 2 is 2.00 bits per heavy atom. The van der Waals surface area contributed by atoms with Crippen LogP contribution in [0.5, 0.6) is 5.75 Å². The first-order chi connectivity index (χ1) is 18.0. The number of carbonyl (C=O) groups is 1. The maximum atomic E-state index is 15.2. The zero-order valence-corrected chi connectivity index (χ0v) is 22.4. The summed E-state index contributed by atoms with van der Waals surface area (Å²) in [4.78, 5) is 15.1. The SMILES string of the molecule is CSCCCOc1cc(C)c(-c2ccc(F)c3c2CC[C@H]3Nc2ccc(C3C[C@@H]3OC=O)nc2)c(C)c1. The fourth-order valence-electron chi connectivity index (χ4n) is 5.53. The van der Waals surface area contributed by atoms with Gasteiger partial charge < -0.3 is 14.8 Å². The number of halogens is 1. The quantitative estimate of drug-likeness (QED) is 0.223. The highest BCUT2D eigenvalue weighted by Gasteiger charge is 2.41. The lowest BCUT2D eigenvalue weighted by molar-refractivity contribution is -0.129. The Labute approximate surface area is 222 Å². The molecular weight excluding hydrogens is 487 g/mol. The van der Waals surface area contributed by atoms with Crippen LogP contribution in [0.4, 0.5) is 10.1 Å². The minimum absolute atomic E-state index is 0.0641. The number of anilines is 1. The molecule has 1 heterocycles. The van der Waals surface area contributed by atoms with Crippen LogP contribution in [-0.4, -0.2) is 36.2 Å². The van der Waals surface area contributed by atoms with Gasteiger partial charge in [-0.2, -0.15) is 11.8 Å². The van der Waals surface area contributed by atoms with Crippen molar-refractivity contribution >= 4 is 23.9 Å². The van der Waals surface area contributed by atoms with Crippen LogP contribution in [0.1, 0.15) is 59.2 Å². The van der Waals surface area contributed by atoms with Gasteiger partial charge in [-0.25, -0.2) is 4.39 Å². The number of aromatic nitrogens is 1. The molecule has 2 aliphatic rings. The second kappa shape index (κ2) is 11.1. The van der Waals surface area contributed by atoms with Crippen molar-refractivity contribution in [2.45, 2.75) is 57.6 Å². The molecule has 0 radical (unpaired) electrons. The van der Waals surface area contributed by atoms with Crippen LogP contribution in [0.3, 0.4) is 0 Å². The van der Waals surface area contributed by atoms with Crippen molar-refractivity contribution in [1.29, 1.82) is 0 Å². The van der Waals surface area contributed by atoms with E-state index < -0.39 is 0 Å². The third-order valence-corrected chi connectivity index (χ3v) is 8.04. The monoisotopic (exact) mass is 520 g/mol. The van der Waals surface area contributed by atoms with E-state index in [-0.39, 0.29) is 23.9 Å². The molecule has 0 amide bonds. The Morgan fingerprint density at radius 1 is 1.19 bits per heavy atom. The Bertz CT molecular complexity index is 1260. The number of rotatable bonds is 11. The molecule has 194 valence electrons. The van der Waals surface area contributed by atoms with Crippen LogP contribution in [-0.2, 0) is 16.0 Å². The zero-order chi connectivity index (χ0) is 25.9. The van der Waals surface area contributed by atoms with E-state index in [0.717, 1.165) is 81.9 Å². The highest BCUT2D eigenvalue weighted by molar-refractivity contribution is 7.98. The van der Waals surface area contributed by atoms with Gasteiger partial charge in [0.05, 0.1) is 24.5 Å². The van der Waals surface area contributed by atoms with E-state index in [9.17, 15) is 4.79 Å². The predicted octanol–water partition coefficient (Wildman–Crippen LogP) is 6.76. The average Bonchev–Trinajstić information content (AvgIpc) is 3.52. The van der Waals surface area contributed by atoms with Crippen LogP contribution in [0, 0.1) is 19.7 Å². The summed E-state index contributed by atoms with van der Waals surface area (Å²) in [6, 6.07) is 11.5. The molecule has 1 aromatic heterocycles. The topological polar surface area (TPSA) is 60.5 Å². The molecule has 0 aliphatic heterocycles. The van der Waals surface area contributed by atoms with E-state index in [0.29, 0.717) is 13.1 Å². The molecule has 1 unspecified atom stereocenters. The number of fused-ring (bicyclic) bond motifs is 1. The van der Waals surface area contributed by atoms with Crippen molar-refractivity contribution < 1.29 is 18.7 Å². The molecule has 3 aromatic rings. The molecule has 2 aliphatic carbocycles. The van der Waals surface area contributed by atoms with Gasteiger partial charge in [0.1, 0.15) is 17.7 Å². The molecule has 1 saturated carbocycles. The van der Waals surface area contributed by atoms with E-state index in [1.165, 1.54) is 0 Å². The molecule has 37 heavy (non-hydrogen) atoms. The number of carbonyl (C=O) groups excluding carboxylic acids is 1. The lowest BCUT2D eigenvalue weighted by Gasteiger charge is -2.19. The van der Waals surface area contributed by atoms with Gasteiger partial charge in [-0.1, -0.05) is 6.07 Å². The molecular formula is C30H33FN2O3S. The summed E-state index contributed by atoms with van der Waals surface area (Å²) in [5, 5.41) is 3.50. The van der Waals surface area contributed by atoms with Crippen LogP contribution in [0.15, 0.2) is 42.6 Å². The summed E-state index contributed by atoms with van der Waals surface area (Å²) in [7, 11) is 0. The molecule has 0 bridgehead atoms. The fraction of sp³-hybridized carbons (Fsp3) is 0.400. The first-order valence-electron chi connectivity index (χ1n) is 12.9. The number of aryl methyl sites for hydroxylation is 2. The standard InChI is InChI=1S/C30H33FN2O3S/c1-18-13-21(35-11-4-12-37-3)14-19(2)29(18)22-6-8-25(31)30-23(22)7-10-27(30)33-20-5-9-26(32-16-20)24-15-28(24)36-17-34/h5-6,8-9,13-14,16-17,24,27-28,33H,4,7,10-12,15H2,1-3H3/t24?,27-,28+/m1/s1. The number of thioether (sulfide) groups is 1. The molecule has 3 atom stereocenters. The van der Waals surface area contributed by atoms with E-state index in [4.69, 9.17) is 9.47 Å². The number of hydrogen-bond donors (Lipinski definition) is 1. The minimum Gasteiger partial charge on any atom is -0.494 e. The second-order valence-corrected chi connectivity index (χ2v) is 10.9. The molecule has 1 N–H and O–H groups in total. The summed E-state index contributed by atoms with van der Waals surface area (Å²) in [6.45, 7) is 5.42. The molecule has 0 spiro atoms. The van der Waals surface area contributed by atoms with Crippen LogP contribution < -0.4 is 10.1 Å². The molecule has 7 heteroatoms. The Hall–Kier alpha value is -3.06. The third-order valence-electron chi connectivity index (χ3n) is 7.34. The van der Waals surface area contributed by atoms with Crippen molar-refractivity contribution in [3.63, 3.8) is 0 Å². The number of nitrogens with zero attached hydrogens (tertiary/aromatic N) is 1. The number of benzene rings is 2. The molecule has 2 aromatic carbocycles. The molecule has 5 nitrogen and oxygen atoms in total. The van der Waals surface area contributed by atoms with Gasteiger partial charge in [-0.3, -0.25) is 9.78 Å². The highest BCUT2D eigenvalue weighted by Crippen LogP contribution is 2.44. The zero-order valence-electron chi connectivity index (χ0n) is 21.6. The van der Waals surface area contributed by atoms with Gasteiger partial charge in [0.25, 0.3) is 6.47 Å². The molecule has 5 rings (SSSR count). The predicted molar refractivity (Wildman–Crippen MR) is 147 cm³/mol. The summed E-state index contributed by atoms with van der Waals surface area (Å²) in [6.07, 6.45) is 7.29. The fourth-order valence-corrected chi connectivity index (χ4v) is 5.94. The average molecular weight is 521 g/mol. The highest BCUT2D eigenvalue weighted by atomic mass is 32.2. The van der Waals surface area contributed by atoms with Gasteiger partial charge in [0, 0.05) is 17.2 Å². The van der Waals surface area contributed by atoms with Crippen molar-refractivity contribution in [2.24, 2.45) is 0 Å². The first-order valence-corrected chi connectivity index (χ1v) is 14.3. The summed E-state index contributed by atoms with van der Waals surface area (Å²) >= 11 is 1.83. The van der Waals surface area contributed by atoms with Gasteiger partial charge in [-0.15, -0.1) is 0 Å². The van der Waals surface area contributed by atoms with Gasteiger partial charge in [0.2, 0.25) is 0 Å². The normalized spacial score (nSPS) is 19.8. The Kier molecular flexibility index (Phi) is 7.70. The maximum Gasteiger partial charge on any atom is 0.293 e. The largest absolute Gasteiger partial charge is 0.494 e. The maximum absolute atomic E-state index is 15.2. The van der Waals surface area contributed by atoms with Crippen LogP contribution in [0.25, 0.3) is 11.1 Å². The summed E-state index contributed by atoms with van der Waals surface area (Å²) in [5.74, 6) is 1.98. The third kappa shape index (κ3) is 5.47. The van der Waals surface area contributed by atoms with E-state index in [1.54, 1.807) is 12.3 Å². The number of ether oxygens (including phenoxy) is 2. The van der Waals surface area contributed by atoms with Gasteiger partial charge in [0.15, 0.2) is 0 Å². The van der Waals surface area contributed by atoms with E-state index in [1.807, 2.05) is 30.0 Å². The van der Waals surface area contributed by atoms with Crippen LogP contribution >= 0.6 is 11.8 Å². The van der Waals surface area contributed by atoms with Gasteiger partial charge in [-0.05, 0) is 110 Å². The first kappa shape index (κ1) is 25.6. The Morgan fingerprint density at radius 3 is 2.70 bits per heavy atom. The number of nitrogens with one attached hydrogen (secondary N) is 1. The number of hydrogen-bond acceptors (Lipinski definition) is 6. The second-order valence-electron chi connectivity index (χ2n) is 9.93. The lowest BCUT2D eigenvalue weighted by atomic mass is 9.90. The van der Waals surface area contributed by atoms with Gasteiger partial charge >= 0.3 is 0 Å². The van der Waals surface area contributed by atoms with Crippen LogP contribution in [0.2, 0.25) is 0 Å². The number of pyridine rings is 1. The minimum atomic E-state index is -0.172. The summed E-state index contributed by atoms with van der Waals surface area (Å²) < 4.78 is 26.2. The van der Waals surface area contributed by atoms with Crippen molar-refractivity contribution in [3.8, 4) is 16.9 Å².